The Morgan fingerprint density at radius 3 is 2.90 bits per heavy atom. The Balaban J connectivity index is 1.76. The van der Waals surface area contributed by atoms with E-state index in [0.717, 1.165) is 42.6 Å². The number of nitrogens with one attached hydrogen (secondary N) is 1. The summed E-state index contributed by atoms with van der Waals surface area (Å²) in [6.07, 6.45) is 3.89. The Kier molecular flexibility index (Phi) is 6.73. The van der Waals surface area contributed by atoms with E-state index in [2.05, 4.69) is 10.3 Å². The van der Waals surface area contributed by atoms with Crippen LogP contribution < -0.4 is 5.32 Å². The lowest BCUT2D eigenvalue weighted by Gasteiger charge is -2.09. The van der Waals surface area contributed by atoms with Crippen LogP contribution in [0.3, 0.4) is 0 Å². The maximum Gasteiger partial charge on any atom is 0.0737 e. The molecule has 0 aliphatic rings. The molecule has 2 aromatic rings. The summed E-state index contributed by atoms with van der Waals surface area (Å²) in [6.45, 7) is 3.01. The SMILES string of the molecule is COCCOCCCCNc1ccnc2cc(Cl)ccc12. The van der Waals surface area contributed by atoms with Gasteiger partial charge in [-0.05, 0) is 37.1 Å². The third kappa shape index (κ3) is 5.16. The summed E-state index contributed by atoms with van der Waals surface area (Å²) in [4.78, 5) is 4.33. The molecule has 1 N–H and O–H groups in total. The predicted octanol–water partition coefficient (Wildman–Crippen LogP) is 3.74. The van der Waals surface area contributed by atoms with E-state index in [0.29, 0.717) is 18.2 Å². The van der Waals surface area contributed by atoms with Crippen molar-refractivity contribution in [3.8, 4) is 0 Å². The molecule has 1 heterocycles. The highest BCUT2D eigenvalue weighted by Gasteiger charge is 2.02. The van der Waals surface area contributed by atoms with Gasteiger partial charge in [-0.25, -0.2) is 0 Å². The fourth-order valence-electron chi connectivity index (χ4n) is 2.07. The summed E-state index contributed by atoms with van der Waals surface area (Å²) >= 11 is 5.99. The number of ether oxygens (including phenoxy) is 2. The number of pyridine rings is 1. The molecule has 0 bridgehead atoms. The lowest BCUT2D eigenvalue weighted by atomic mass is 10.2. The fourth-order valence-corrected chi connectivity index (χ4v) is 2.24. The summed E-state index contributed by atoms with van der Waals surface area (Å²) < 4.78 is 10.4. The molecule has 1 aromatic carbocycles. The minimum absolute atomic E-state index is 0.657. The predicted molar refractivity (Wildman–Crippen MR) is 87.2 cm³/mol. The van der Waals surface area contributed by atoms with Gasteiger partial charge in [-0.1, -0.05) is 11.6 Å². The molecule has 0 saturated carbocycles. The zero-order valence-corrected chi connectivity index (χ0v) is 13.0. The lowest BCUT2D eigenvalue weighted by Crippen LogP contribution is -2.06. The van der Waals surface area contributed by atoms with Gasteiger partial charge in [-0.15, -0.1) is 0 Å². The highest BCUT2D eigenvalue weighted by Crippen LogP contribution is 2.24. The largest absolute Gasteiger partial charge is 0.384 e. The lowest BCUT2D eigenvalue weighted by molar-refractivity contribution is 0.0691. The van der Waals surface area contributed by atoms with Crippen LogP contribution in [0, 0.1) is 0 Å². The molecular formula is C16H21ClN2O2. The molecule has 0 aliphatic heterocycles. The summed E-state index contributed by atoms with van der Waals surface area (Å²) in [6, 6.07) is 7.76. The van der Waals surface area contributed by atoms with Crippen molar-refractivity contribution in [1.29, 1.82) is 0 Å². The van der Waals surface area contributed by atoms with Crippen LogP contribution in [-0.2, 0) is 9.47 Å². The van der Waals surface area contributed by atoms with E-state index in [4.69, 9.17) is 21.1 Å². The number of halogens is 1. The Bertz CT molecular complexity index is 563. The fraction of sp³-hybridized carbons (Fsp3) is 0.438. The molecule has 0 unspecified atom stereocenters. The number of anilines is 1. The van der Waals surface area contributed by atoms with Crippen molar-refractivity contribution in [1.82, 2.24) is 4.98 Å². The van der Waals surface area contributed by atoms with Crippen molar-refractivity contribution in [2.75, 3.05) is 38.8 Å². The molecule has 0 saturated heterocycles. The molecule has 0 amide bonds. The van der Waals surface area contributed by atoms with E-state index in [1.807, 2.05) is 24.3 Å². The van der Waals surface area contributed by atoms with E-state index in [1.54, 1.807) is 13.3 Å². The van der Waals surface area contributed by atoms with E-state index in [9.17, 15) is 0 Å². The minimum atomic E-state index is 0.657. The van der Waals surface area contributed by atoms with Gasteiger partial charge >= 0.3 is 0 Å². The summed E-state index contributed by atoms with van der Waals surface area (Å²) in [5, 5.41) is 5.25. The number of fused-ring (bicyclic) bond motifs is 1. The van der Waals surface area contributed by atoms with Gasteiger partial charge in [-0.3, -0.25) is 4.98 Å². The number of hydrogen-bond acceptors (Lipinski definition) is 4. The molecule has 4 nitrogen and oxygen atoms in total. The van der Waals surface area contributed by atoms with Gasteiger partial charge in [0, 0.05) is 42.6 Å². The molecule has 21 heavy (non-hydrogen) atoms. The number of rotatable bonds is 9. The van der Waals surface area contributed by atoms with E-state index in [-0.39, 0.29) is 0 Å². The van der Waals surface area contributed by atoms with Crippen molar-refractivity contribution in [2.24, 2.45) is 0 Å². The number of aromatic nitrogens is 1. The van der Waals surface area contributed by atoms with Crippen molar-refractivity contribution < 1.29 is 9.47 Å². The van der Waals surface area contributed by atoms with Crippen molar-refractivity contribution in [3.05, 3.63) is 35.5 Å². The Morgan fingerprint density at radius 1 is 1.14 bits per heavy atom. The second kappa shape index (κ2) is 8.82. The second-order valence-corrected chi connectivity index (χ2v) is 5.20. The Hall–Kier alpha value is -1.36. The van der Waals surface area contributed by atoms with Gasteiger partial charge in [0.05, 0.1) is 18.7 Å². The Morgan fingerprint density at radius 2 is 2.05 bits per heavy atom. The minimum Gasteiger partial charge on any atom is -0.384 e. The average molecular weight is 309 g/mol. The van der Waals surface area contributed by atoms with E-state index in [1.165, 1.54) is 0 Å². The second-order valence-electron chi connectivity index (χ2n) is 4.76. The highest BCUT2D eigenvalue weighted by molar-refractivity contribution is 6.31. The molecule has 1 aromatic heterocycles. The van der Waals surface area contributed by atoms with Crippen molar-refractivity contribution >= 4 is 28.2 Å². The van der Waals surface area contributed by atoms with E-state index < -0.39 is 0 Å². The van der Waals surface area contributed by atoms with E-state index >= 15 is 0 Å². The molecule has 5 heteroatoms. The van der Waals surface area contributed by atoms with Crippen LogP contribution in [0.4, 0.5) is 5.69 Å². The van der Waals surface area contributed by atoms with Gasteiger partial charge in [0.25, 0.3) is 0 Å². The van der Waals surface area contributed by atoms with Crippen LogP contribution in [0.15, 0.2) is 30.5 Å². The molecule has 0 atom stereocenters. The molecule has 2 rings (SSSR count). The standard InChI is InChI=1S/C16H21ClN2O2/c1-20-10-11-21-9-3-2-7-18-15-6-8-19-16-12-13(17)4-5-14(15)16/h4-6,8,12H,2-3,7,9-11H2,1H3,(H,18,19). The quantitative estimate of drug-likeness (QED) is 0.717. The van der Waals surface area contributed by atoms with Crippen LogP contribution >= 0.6 is 11.6 Å². The van der Waals surface area contributed by atoms with Gasteiger partial charge in [-0.2, -0.15) is 0 Å². The topological polar surface area (TPSA) is 43.4 Å². The molecule has 0 spiro atoms. The van der Waals surface area contributed by atoms with Crippen LogP contribution in [-0.4, -0.2) is 38.5 Å². The van der Waals surface area contributed by atoms with Crippen LogP contribution in [0.1, 0.15) is 12.8 Å². The number of hydrogen-bond donors (Lipinski definition) is 1. The van der Waals surface area contributed by atoms with Crippen LogP contribution in [0.25, 0.3) is 10.9 Å². The smallest absolute Gasteiger partial charge is 0.0737 e. The monoisotopic (exact) mass is 308 g/mol. The maximum atomic E-state index is 5.99. The maximum absolute atomic E-state index is 5.99. The first-order valence-electron chi connectivity index (χ1n) is 7.16. The first-order valence-corrected chi connectivity index (χ1v) is 7.54. The van der Waals surface area contributed by atoms with Gasteiger partial charge in [0.15, 0.2) is 0 Å². The molecule has 0 aliphatic carbocycles. The number of nitrogens with zero attached hydrogens (tertiary/aromatic N) is 1. The van der Waals surface area contributed by atoms with Gasteiger partial charge < -0.3 is 14.8 Å². The van der Waals surface area contributed by atoms with Crippen LogP contribution in [0.5, 0.6) is 0 Å². The Labute approximate surface area is 130 Å². The van der Waals surface area contributed by atoms with Crippen molar-refractivity contribution in [2.45, 2.75) is 12.8 Å². The summed E-state index contributed by atoms with van der Waals surface area (Å²) in [5.74, 6) is 0. The average Bonchev–Trinajstić information content (AvgIpc) is 2.49. The summed E-state index contributed by atoms with van der Waals surface area (Å²) in [5.41, 5.74) is 2.01. The molecule has 114 valence electrons. The first-order chi connectivity index (χ1) is 10.3. The van der Waals surface area contributed by atoms with Gasteiger partial charge in [0.1, 0.15) is 0 Å². The van der Waals surface area contributed by atoms with Crippen molar-refractivity contribution in [3.63, 3.8) is 0 Å². The third-order valence-electron chi connectivity index (χ3n) is 3.17. The third-order valence-corrected chi connectivity index (χ3v) is 3.40. The number of methoxy groups -OCH3 is 1. The first kappa shape index (κ1) is 16.0. The zero-order chi connectivity index (χ0) is 14.9. The highest BCUT2D eigenvalue weighted by atomic mass is 35.5. The zero-order valence-electron chi connectivity index (χ0n) is 12.3. The van der Waals surface area contributed by atoms with Gasteiger partial charge in [0.2, 0.25) is 0 Å². The number of unbranched alkanes of at least 4 members (excludes halogenated alkanes) is 1. The molecule has 0 fully saturated rings. The molecular weight excluding hydrogens is 288 g/mol. The summed E-state index contributed by atoms with van der Waals surface area (Å²) in [7, 11) is 1.68. The van der Waals surface area contributed by atoms with Crippen LogP contribution in [0.2, 0.25) is 5.02 Å². The molecule has 0 radical (unpaired) electrons. The normalized spacial score (nSPS) is 11.0. The number of benzene rings is 1.